The summed E-state index contributed by atoms with van der Waals surface area (Å²) in [6.45, 7) is 2.94. The summed E-state index contributed by atoms with van der Waals surface area (Å²) in [5.74, 6) is -4.05. The van der Waals surface area contributed by atoms with Gasteiger partial charge in [-0.3, -0.25) is 4.98 Å². The summed E-state index contributed by atoms with van der Waals surface area (Å²) in [5, 5.41) is 14.2. The van der Waals surface area contributed by atoms with Crippen molar-refractivity contribution in [3.8, 4) is 5.88 Å². The minimum atomic E-state index is -5.08. The van der Waals surface area contributed by atoms with Gasteiger partial charge in [-0.1, -0.05) is 6.07 Å². The molecule has 4 rings (SSSR count). The Bertz CT molecular complexity index is 1080. The maximum absolute atomic E-state index is 10.6. The van der Waals surface area contributed by atoms with E-state index < -0.39 is 24.3 Å². The van der Waals surface area contributed by atoms with Crippen LogP contribution in [0.4, 0.5) is 32.2 Å². The Morgan fingerprint density at radius 3 is 2.30 bits per heavy atom. The Morgan fingerprint density at radius 2 is 1.75 bits per heavy atom. The van der Waals surface area contributed by atoms with Gasteiger partial charge in [0.2, 0.25) is 5.88 Å². The highest BCUT2D eigenvalue weighted by Crippen LogP contribution is 2.37. The van der Waals surface area contributed by atoms with Crippen molar-refractivity contribution in [2.24, 2.45) is 0 Å². The van der Waals surface area contributed by atoms with Gasteiger partial charge in [-0.05, 0) is 25.0 Å². The zero-order chi connectivity index (χ0) is 30.0. The highest BCUT2D eigenvalue weighted by molar-refractivity contribution is 5.73. The predicted molar refractivity (Wildman–Crippen MR) is 124 cm³/mol. The molecule has 2 aromatic rings. The average Bonchev–Trinajstić information content (AvgIpc) is 3.29. The maximum atomic E-state index is 10.6. The maximum Gasteiger partial charge on any atom is 0.490 e. The number of ether oxygens (including phenoxy) is 3. The van der Waals surface area contributed by atoms with E-state index in [1.807, 2.05) is 24.3 Å². The number of hydrogen-bond donors (Lipinski definition) is 2. The molecule has 0 saturated carbocycles. The van der Waals surface area contributed by atoms with Gasteiger partial charge in [-0.2, -0.15) is 26.3 Å². The molecule has 11 nitrogen and oxygen atoms in total. The van der Waals surface area contributed by atoms with Crippen LogP contribution in [-0.4, -0.2) is 88.0 Å². The second-order valence-electron chi connectivity index (χ2n) is 8.50. The third-order valence-electron chi connectivity index (χ3n) is 5.55. The van der Waals surface area contributed by atoms with Crippen molar-refractivity contribution in [3.63, 3.8) is 0 Å². The number of aromatic nitrogens is 3. The topological polar surface area (TPSA) is 144 Å². The van der Waals surface area contributed by atoms with Gasteiger partial charge >= 0.3 is 24.3 Å². The van der Waals surface area contributed by atoms with Crippen LogP contribution < -0.4 is 9.64 Å². The van der Waals surface area contributed by atoms with Crippen LogP contribution in [0.25, 0.3) is 0 Å². The van der Waals surface area contributed by atoms with Crippen LogP contribution in [0.1, 0.15) is 25.0 Å². The number of carboxylic acid groups (broad SMARTS) is 2. The normalized spacial score (nSPS) is 20.6. The quantitative estimate of drug-likeness (QED) is 0.499. The summed E-state index contributed by atoms with van der Waals surface area (Å²) in [6, 6.07) is 7.75. The summed E-state index contributed by atoms with van der Waals surface area (Å²) in [6.07, 6.45) is -3.70. The third kappa shape index (κ3) is 10.4. The Kier molecular flexibility index (Phi) is 11.4. The van der Waals surface area contributed by atoms with E-state index in [2.05, 4.69) is 19.9 Å². The van der Waals surface area contributed by atoms with Gasteiger partial charge in [0.25, 0.3) is 0 Å². The van der Waals surface area contributed by atoms with E-state index in [4.69, 9.17) is 34.0 Å². The smallest absolute Gasteiger partial charge is 0.481 e. The Balaban J connectivity index is 0.000000333. The fourth-order valence-electron chi connectivity index (χ4n) is 3.79. The van der Waals surface area contributed by atoms with Gasteiger partial charge in [0.05, 0.1) is 37.7 Å². The van der Waals surface area contributed by atoms with Crippen molar-refractivity contribution in [1.29, 1.82) is 0 Å². The van der Waals surface area contributed by atoms with Crippen LogP contribution in [-0.2, 0) is 25.7 Å². The van der Waals surface area contributed by atoms with E-state index in [9.17, 15) is 26.3 Å². The summed E-state index contributed by atoms with van der Waals surface area (Å²) in [5.41, 5.74) is 0.789. The number of methoxy groups -OCH3 is 1. The number of rotatable bonds is 5. The number of halogens is 6. The fraction of sp³-hybridized carbons (Fsp3) is 0.522. The van der Waals surface area contributed by atoms with E-state index in [0.717, 1.165) is 43.9 Å². The van der Waals surface area contributed by atoms with E-state index in [1.165, 1.54) is 0 Å². The van der Waals surface area contributed by atoms with Crippen LogP contribution >= 0.6 is 0 Å². The van der Waals surface area contributed by atoms with Crippen molar-refractivity contribution in [1.82, 2.24) is 15.0 Å². The van der Waals surface area contributed by atoms with Crippen LogP contribution in [0.5, 0.6) is 5.88 Å². The van der Waals surface area contributed by atoms with Gasteiger partial charge < -0.3 is 29.3 Å². The van der Waals surface area contributed by atoms with Gasteiger partial charge in [0.1, 0.15) is 12.1 Å². The first-order chi connectivity index (χ1) is 18.6. The molecule has 17 heteroatoms. The number of nitrogens with zero attached hydrogens (tertiary/aromatic N) is 4. The standard InChI is InChI=1S/C19H24N4O3.2C2HF3O2/c1-24-18-9-17(21-14-22-18)23-8-4-6-19(13-23)10-16(12-26-19)25-11-15-5-2-3-7-20-15;2*3-2(4,5)1(6)7/h2-3,5,7,9,14,16H,4,6,8,10-13H2,1H3;2*(H,6,7)/t16-,19+;;/m1../s1. The summed E-state index contributed by atoms with van der Waals surface area (Å²) >= 11 is 0. The van der Waals surface area contributed by atoms with Crippen LogP contribution in [0, 0.1) is 0 Å². The minimum Gasteiger partial charge on any atom is -0.481 e. The molecule has 40 heavy (non-hydrogen) atoms. The second-order valence-corrected chi connectivity index (χ2v) is 8.50. The van der Waals surface area contributed by atoms with E-state index in [-0.39, 0.29) is 11.7 Å². The van der Waals surface area contributed by atoms with E-state index in [1.54, 1.807) is 19.6 Å². The zero-order valence-corrected chi connectivity index (χ0v) is 21.0. The molecule has 4 heterocycles. The van der Waals surface area contributed by atoms with Crippen molar-refractivity contribution >= 4 is 17.8 Å². The number of piperidine rings is 1. The number of aliphatic carboxylic acids is 2. The van der Waals surface area contributed by atoms with Crippen molar-refractivity contribution in [3.05, 3.63) is 42.5 Å². The highest BCUT2D eigenvalue weighted by Gasteiger charge is 2.44. The average molecular weight is 584 g/mol. The molecule has 222 valence electrons. The minimum absolute atomic E-state index is 0.108. The van der Waals surface area contributed by atoms with Crippen molar-refractivity contribution in [2.45, 2.75) is 49.9 Å². The lowest BCUT2D eigenvalue weighted by molar-refractivity contribution is -0.193. The highest BCUT2D eigenvalue weighted by atomic mass is 19.4. The molecular formula is C23H26F6N4O7. The first-order valence-electron chi connectivity index (χ1n) is 11.5. The number of anilines is 1. The van der Waals surface area contributed by atoms with Crippen molar-refractivity contribution < 1.29 is 60.4 Å². The molecular weight excluding hydrogens is 558 g/mol. The Morgan fingerprint density at radius 1 is 1.10 bits per heavy atom. The van der Waals surface area contributed by atoms with Gasteiger partial charge in [-0.25, -0.2) is 19.6 Å². The van der Waals surface area contributed by atoms with Gasteiger partial charge in [0, 0.05) is 31.8 Å². The van der Waals surface area contributed by atoms with Crippen molar-refractivity contribution in [2.75, 3.05) is 31.7 Å². The summed E-state index contributed by atoms with van der Waals surface area (Å²) in [7, 11) is 1.62. The lowest BCUT2D eigenvalue weighted by atomic mass is 9.89. The number of alkyl halides is 6. The second kappa shape index (κ2) is 14.1. The molecule has 2 N–H and O–H groups in total. The molecule has 0 aliphatic carbocycles. The molecule has 0 amide bonds. The lowest BCUT2D eigenvalue weighted by Crippen LogP contribution is -2.48. The monoisotopic (exact) mass is 584 g/mol. The largest absolute Gasteiger partial charge is 0.490 e. The molecule has 2 aliphatic heterocycles. The molecule has 2 fully saturated rings. The first kappa shape index (κ1) is 32.5. The Labute approximate surface area is 223 Å². The molecule has 1 spiro atoms. The summed E-state index contributed by atoms with van der Waals surface area (Å²) < 4.78 is 81.0. The predicted octanol–water partition coefficient (Wildman–Crippen LogP) is 3.49. The van der Waals surface area contributed by atoms with E-state index in [0.29, 0.717) is 19.1 Å². The molecule has 2 aromatic heterocycles. The van der Waals surface area contributed by atoms with Crippen LogP contribution in [0.2, 0.25) is 0 Å². The number of pyridine rings is 1. The fourth-order valence-corrected chi connectivity index (χ4v) is 3.79. The van der Waals surface area contributed by atoms with Gasteiger partial charge in [-0.15, -0.1) is 0 Å². The molecule has 0 aromatic carbocycles. The first-order valence-corrected chi connectivity index (χ1v) is 11.5. The van der Waals surface area contributed by atoms with E-state index >= 15 is 0 Å². The molecule has 2 saturated heterocycles. The third-order valence-corrected chi connectivity index (χ3v) is 5.55. The lowest BCUT2D eigenvalue weighted by Gasteiger charge is -2.40. The molecule has 2 aliphatic rings. The van der Waals surface area contributed by atoms with Gasteiger partial charge in [0.15, 0.2) is 0 Å². The summed E-state index contributed by atoms with van der Waals surface area (Å²) in [4.78, 5) is 32.9. The number of hydrogen-bond acceptors (Lipinski definition) is 9. The SMILES string of the molecule is COc1cc(N2CCC[C@]3(C[C@@H](OCc4ccccn4)CO3)C2)ncn1.O=C(O)C(F)(F)F.O=C(O)C(F)(F)F. The molecule has 0 bridgehead atoms. The van der Waals surface area contributed by atoms with Crippen LogP contribution in [0.3, 0.4) is 0 Å². The molecule has 0 unspecified atom stereocenters. The number of carboxylic acids is 2. The van der Waals surface area contributed by atoms with Crippen LogP contribution in [0.15, 0.2) is 36.8 Å². The number of carbonyl (C=O) groups is 2. The molecule has 0 radical (unpaired) electrons. The zero-order valence-electron chi connectivity index (χ0n) is 21.0. The Hall–Kier alpha value is -3.73. The molecule has 2 atom stereocenters.